The molecule has 3 atom stereocenters. The third-order valence-electron chi connectivity index (χ3n) is 4.16. The van der Waals surface area contributed by atoms with Crippen LogP contribution in [0.25, 0.3) is 0 Å². The highest BCUT2D eigenvalue weighted by Crippen LogP contribution is 2.45. The molecule has 3 unspecified atom stereocenters. The molecule has 1 aromatic rings. The van der Waals surface area contributed by atoms with E-state index in [1.54, 1.807) is 0 Å². The van der Waals surface area contributed by atoms with Gasteiger partial charge in [-0.1, -0.05) is 5.16 Å². The largest absolute Gasteiger partial charge is 0.339 e. The van der Waals surface area contributed by atoms with Crippen molar-refractivity contribution in [2.75, 3.05) is 33.7 Å². The molecule has 2 fully saturated rings. The Morgan fingerprint density at radius 3 is 3.00 bits per heavy atom. The number of hydrogen-bond acceptors (Lipinski definition) is 6. The van der Waals surface area contributed by atoms with Crippen LogP contribution < -0.4 is 0 Å². The van der Waals surface area contributed by atoms with Crippen molar-refractivity contribution in [1.29, 1.82) is 5.26 Å². The first-order valence-corrected chi connectivity index (χ1v) is 6.78. The number of likely N-dealkylation sites (N-methyl/N-ethyl adjacent to an activating group) is 2. The van der Waals surface area contributed by atoms with E-state index in [9.17, 15) is 0 Å². The van der Waals surface area contributed by atoms with Crippen LogP contribution >= 0.6 is 0 Å². The molecule has 2 aliphatic rings. The molecule has 0 bridgehead atoms. The Bertz CT molecular complexity index is 493. The summed E-state index contributed by atoms with van der Waals surface area (Å²) >= 11 is 0. The number of hydrogen-bond donors (Lipinski definition) is 0. The fraction of sp³-hybridized carbons (Fsp3) is 0.769. The Kier molecular flexibility index (Phi) is 3.25. The summed E-state index contributed by atoms with van der Waals surface area (Å²) in [6.07, 6.45) is 1.68. The lowest BCUT2D eigenvalue weighted by molar-refractivity contribution is 0.113. The number of aromatic nitrogens is 2. The van der Waals surface area contributed by atoms with E-state index < -0.39 is 0 Å². The van der Waals surface area contributed by atoms with Gasteiger partial charge in [0.25, 0.3) is 0 Å². The van der Waals surface area contributed by atoms with Gasteiger partial charge >= 0.3 is 0 Å². The topological polar surface area (TPSA) is 69.2 Å². The fourth-order valence-electron chi connectivity index (χ4n) is 2.64. The predicted molar refractivity (Wildman–Crippen MR) is 68.4 cm³/mol. The van der Waals surface area contributed by atoms with E-state index in [1.165, 1.54) is 0 Å². The van der Waals surface area contributed by atoms with Crippen molar-refractivity contribution in [2.24, 2.45) is 5.92 Å². The van der Waals surface area contributed by atoms with Crippen molar-refractivity contribution in [3.8, 4) is 6.07 Å². The van der Waals surface area contributed by atoms with Gasteiger partial charge in [-0.25, -0.2) is 0 Å². The maximum absolute atomic E-state index is 8.82. The van der Waals surface area contributed by atoms with Gasteiger partial charge in [-0.15, -0.1) is 0 Å². The standard InChI is InChI=1S/C13H19N5O/c1-17-3-4-18(2)10(8-17)6-12-15-13(19-16-12)11-5-9(11)7-14/h9-11H,3-6,8H2,1-2H3. The monoisotopic (exact) mass is 261 g/mol. The Morgan fingerprint density at radius 1 is 1.42 bits per heavy atom. The van der Waals surface area contributed by atoms with Gasteiger partial charge in [-0.05, 0) is 20.5 Å². The van der Waals surface area contributed by atoms with Crippen molar-refractivity contribution in [2.45, 2.75) is 24.8 Å². The Hall–Kier alpha value is -1.45. The summed E-state index contributed by atoms with van der Waals surface area (Å²) in [7, 11) is 4.29. The quantitative estimate of drug-likeness (QED) is 0.788. The van der Waals surface area contributed by atoms with Crippen molar-refractivity contribution in [3.05, 3.63) is 11.7 Å². The highest BCUT2D eigenvalue weighted by molar-refractivity contribution is 5.15. The molecule has 3 rings (SSSR count). The zero-order valence-corrected chi connectivity index (χ0v) is 11.4. The van der Waals surface area contributed by atoms with Crippen molar-refractivity contribution in [3.63, 3.8) is 0 Å². The van der Waals surface area contributed by atoms with Gasteiger partial charge in [0.2, 0.25) is 5.89 Å². The van der Waals surface area contributed by atoms with Gasteiger partial charge in [0.15, 0.2) is 5.82 Å². The van der Waals surface area contributed by atoms with Crippen LogP contribution in [0.3, 0.4) is 0 Å². The zero-order valence-electron chi connectivity index (χ0n) is 11.4. The maximum atomic E-state index is 8.82. The third kappa shape index (κ3) is 2.62. The SMILES string of the molecule is CN1CCN(C)C(Cc2noc(C3CC3C#N)n2)C1. The first-order chi connectivity index (χ1) is 9.17. The van der Waals surface area contributed by atoms with Crippen LogP contribution in [0.2, 0.25) is 0 Å². The molecule has 1 aromatic heterocycles. The van der Waals surface area contributed by atoms with Crippen LogP contribution in [0.4, 0.5) is 0 Å². The Labute approximate surface area is 113 Å². The van der Waals surface area contributed by atoms with Crippen LogP contribution in [-0.4, -0.2) is 59.7 Å². The molecule has 1 aliphatic heterocycles. The lowest BCUT2D eigenvalue weighted by Gasteiger charge is -2.37. The highest BCUT2D eigenvalue weighted by Gasteiger charge is 2.43. The van der Waals surface area contributed by atoms with Gasteiger partial charge in [0.05, 0.1) is 17.9 Å². The van der Waals surface area contributed by atoms with E-state index in [-0.39, 0.29) is 11.8 Å². The number of piperazine rings is 1. The fourth-order valence-corrected chi connectivity index (χ4v) is 2.64. The minimum atomic E-state index is 0.0804. The lowest BCUT2D eigenvalue weighted by Crippen LogP contribution is -2.50. The molecule has 102 valence electrons. The molecule has 6 nitrogen and oxygen atoms in total. The van der Waals surface area contributed by atoms with Gasteiger partial charge in [0, 0.05) is 32.1 Å². The zero-order chi connectivity index (χ0) is 13.4. The predicted octanol–water partition coefficient (Wildman–Crippen LogP) is 0.485. The van der Waals surface area contributed by atoms with Crippen LogP contribution in [-0.2, 0) is 6.42 Å². The molecule has 1 saturated carbocycles. The summed E-state index contributed by atoms with van der Waals surface area (Å²) in [6, 6.07) is 2.69. The lowest BCUT2D eigenvalue weighted by atomic mass is 10.1. The second kappa shape index (κ2) is 4.91. The maximum Gasteiger partial charge on any atom is 0.231 e. The molecule has 0 amide bonds. The van der Waals surface area contributed by atoms with Crippen molar-refractivity contribution in [1.82, 2.24) is 19.9 Å². The molecule has 2 heterocycles. The van der Waals surface area contributed by atoms with Crippen LogP contribution in [0.5, 0.6) is 0 Å². The van der Waals surface area contributed by atoms with Crippen molar-refractivity contribution >= 4 is 0 Å². The smallest absolute Gasteiger partial charge is 0.231 e. The van der Waals surface area contributed by atoms with Crippen molar-refractivity contribution < 1.29 is 4.52 Å². The van der Waals surface area contributed by atoms with E-state index in [4.69, 9.17) is 9.78 Å². The normalized spacial score (nSPS) is 32.2. The van der Waals surface area contributed by atoms with Crippen LogP contribution in [0.15, 0.2) is 4.52 Å². The Morgan fingerprint density at radius 2 is 2.26 bits per heavy atom. The van der Waals surface area contributed by atoms with Crippen LogP contribution in [0, 0.1) is 17.2 Å². The molecule has 19 heavy (non-hydrogen) atoms. The average molecular weight is 261 g/mol. The minimum Gasteiger partial charge on any atom is -0.339 e. The molecular weight excluding hydrogens is 242 g/mol. The number of nitriles is 1. The van der Waals surface area contributed by atoms with Crippen LogP contribution in [0.1, 0.15) is 24.1 Å². The van der Waals surface area contributed by atoms with Gasteiger partial charge < -0.3 is 14.3 Å². The molecule has 0 radical (unpaired) electrons. The van der Waals surface area contributed by atoms with Gasteiger partial charge in [0.1, 0.15) is 0 Å². The molecule has 0 spiro atoms. The summed E-state index contributed by atoms with van der Waals surface area (Å²) < 4.78 is 5.28. The molecular formula is C13H19N5O. The number of nitrogens with zero attached hydrogens (tertiary/aromatic N) is 5. The minimum absolute atomic E-state index is 0.0804. The molecule has 1 aliphatic carbocycles. The average Bonchev–Trinajstić information content (AvgIpc) is 3.05. The third-order valence-corrected chi connectivity index (χ3v) is 4.16. The number of rotatable bonds is 3. The first-order valence-electron chi connectivity index (χ1n) is 6.78. The molecule has 0 aromatic carbocycles. The first kappa shape index (κ1) is 12.6. The second-order valence-corrected chi connectivity index (χ2v) is 5.73. The summed E-state index contributed by atoms with van der Waals surface area (Å²) in [5.41, 5.74) is 0. The summed E-state index contributed by atoms with van der Waals surface area (Å²) in [5.74, 6) is 1.67. The van der Waals surface area contributed by atoms with Gasteiger partial charge in [-0.3, -0.25) is 0 Å². The highest BCUT2D eigenvalue weighted by atomic mass is 16.5. The molecule has 1 saturated heterocycles. The summed E-state index contributed by atoms with van der Waals surface area (Å²) in [4.78, 5) is 9.13. The Balaban J connectivity index is 1.62. The summed E-state index contributed by atoms with van der Waals surface area (Å²) in [6.45, 7) is 3.21. The van der Waals surface area contributed by atoms with E-state index in [0.717, 1.165) is 38.3 Å². The molecule has 6 heteroatoms. The van der Waals surface area contributed by atoms with E-state index in [1.807, 2.05) is 0 Å². The van der Waals surface area contributed by atoms with E-state index >= 15 is 0 Å². The van der Waals surface area contributed by atoms with E-state index in [2.05, 4.69) is 40.1 Å². The van der Waals surface area contributed by atoms with Gasteiger partial charge in [-0.2, -0.15) is 10.2 Å². The second-order valence-electron chi connectivity index (χ2n) is 5.73. The molecule has 0 N–H and O–H groups in total. The van der Waals surface area contributed by atoms with E-state index in [0.29, 0.717) is 11.9 Å². The summed E-state index contributed by atoms with van der Waals surface area (Å²) in [5, 5.41) is 12.9.